The van der Waals surface area contributed by atoms with Crippen molar-refractivity contribution in [2.45, 2.75) is 0 Å². The van der Waals surface area contributed by atoms with Gasteiger partial charge in [0.1, 0.15) is 5.15 Å². The van der Waals surface area contributed by atoms with Crippen LogP contribution in [-0.2, 0) is 4.74 Å². The maximum absolute atomic E-state index is 11.2. The molecule has 5 heteroatoms. The SMILES string of the molecule is [2H]C([2H])([2H])OC(=O)c1cnc(Cl)cc1Cl. The maximum atomic E-state index is 11.2. The van der Waals surface area contributed by atoms with Gasteiger partial charge < -0.3 is 4.74 Å². The van der Waals surface area contributed by atoms with Crippen molar-refractivity contribution in [1.29, 1.82) is 0 Å². The number of nitrogens with zero attached hydrogens (tertiary/aromatic N) is 1. The van der Waals surface area contributed by atoms with Gasteiger partial charge in [0.15, 0.2) is 0 Å². The molecule has 0 radical (unpaired) electrons. The summed E-state index contributed by atoms with van der Waals surface area (Å²) >= 11 is 11.1. The van der Waals surface area contributed by atoms with Crippen molar-refractivity contribution in [1.82, 2.24) is 4.98 Å². The van der Waals surface area contributed by atoms with Gasteiger partial charge in [0.05, 0.1) is 21.7 Å². The summed E-state index contributed by atoms with van der Waals surface area (Å²) in [6.07, 6.45) is 1.05. The molecule has 0 bridgehead atoms. The Bertz CT molecular complexity index is 394. The molecule has 1 heterocycles. The molecule has 0 saturated carbocycles. The summed E-state index contributed by atoms with van der Waals surface area (Å²) in [5, 5.41) is 0.0923. The molecule has 64 valence electrons. The average Bonchev–Trinajstić information content (AvgIpc) is 1.99. The van der Waals surface area contributed by atoms with Gasteiger partial charge in [0.25, 0.3) is 0 Å². The smallest absolute Gasteiger partial charge is 0.340 e. The van der Waals surface area contributed by atoms with E-state index in [1.54, 1.807) is 0 Å². The van der Waals surface area contributed by atoms with Crippen LogP contribution >= 0.6 is 23.2 Å². The van der Waals surface area contributed by atoms with Gasteiger partial charge in [-0.2, -0.15) is 0 Å². The summed E-state index contributed by atoms with van der Waals surface area (Å²) in [4.78, 5) is 14.8. The highest BCUT2D eigenvalue weighted by molar-refractivity contribution is 6.35. The van der Waals surface area contributed by atoms with Crippen LogP contribution in [0.1, 0.15) is 14.5 Å². The van der Waals surface area contributed by atoms with Gasteiger partial charge in [-0.25, -0.2) is 9.78 Å². The predicted octanol–water partition coefficient (Wildman–Crippen LogP) is 2.17. The zero-order valence-electron chi connectivity index (χ0n) is 8.67. The molecular formula is C7H5Cl2NO2. The number of pyridine rings is 1. The highest BCUT2D eigenvalue weighted by Crippen LogP contribution is 2.18. The van der Waals surface area contributed by atoms with Gasteiger partial charge in [-0.15, -0.1) is 0 Å². The molecule has 1 aromatic heterocycles. The quantitative estimate of drug-likeness (QED) is 0.525. The summed E-state index contributed by atoms with van der Waals surface area (Å²) in [7, 11) is -2.81. The lowest BCUT2D eigenvalue weighted by Crippen LogP contribution is -2.02. The van der Waals surface area contributed by atoms with Crippen molar-refractivity contribution in [2.75, 3.05) is 7.04 Å². The van der Waals surface area contributed by atoms with Crippen molar-refractivity contribution < 1.29 is 13.6 Å². The van der Waals surface area contributed by atoms with Gasteiger partial charge in [0, 0.05) is 6.20 Å². The number of halogens is 2. The van der Waals surface area contributed by atoms with E-state index < -0.39 is 13.0 Å². The summed E-state index contributed by atoms with van der Waals surface area (Å²) in [5.41, 5.74) is -0.141. The molecule has 0 aromatic carbocycles. The van der Waals surface area contributed by atoms with E-state index >= 15 is 0 Å². The lowest BCUT2D eigenvalue weighted by molar-refractivity contribution is 0.0600. The topological polar surface area (TPSA) is 39.2 Å². The second-order valence-electron chi connectivity index (χ2n) is 1.88. The molecule has 0 N–H and O–H groups in total. The highest BCUT2D eigenvalue weighted by atomic mass is 35.5. The zero-order valence-corrected chi connectivity index (χ0v) is 7.19. The summed E-state index contributed by atoms with van der Waals surface area (Å²) < 4.78 is 24.3. The summed E-state index contributed by atoms with van der Waals surface area (Å²) in [5.74, 6) is -1.07. The normalized spacial score (nSPS) is 14.3. The van der Waals surface area contributed by atoms with Gasteiger partial charge >= 0.3 is 5.97 Å². The lowest BCUT2D eigenvalue weighted by atomic mass is 10.3. The monoisotopic (exact) mass is 208 g/mol. The fourth-order valence-electron chi connectivity index (χ4n) is 0.613. The van der Waals surface area contributed by atoms with E-state index in [1.807, 2.05) is 0 Å². The Morgan fingerprint density at radius 3 is 3.08 bits per heavy atom. The Hall–Kier alpha value is -0.800. The number of aromatic nitrogens is 1. The molecule has 0 fully saturated rings. The minimum Gasteiger partial charge on any atom is -0.465 e. The first kappa shape index (κ1) is 5.78. The molecule has 1 aromatic rings. The number of esters is 1. The van der Waals surface area contributed by atoms with Crippen molar-refractivity contribution >= 4 is 29.2 Å². The summed E-state index contributed by atoms with van der Waals surface area (Å²) in [6.45, 7) is 0. The van der Waals surface area contributed by atoms with E-state index in [0.717, 1.165) is 6.20 Å². The molecule has 3 nitrogen and oxygen atoms in total. The van der Waals surface area contributed by atoms with E-state index in [0.29, 0.717) is 0 Å². The van der Waals surface area contributed by atoms with E-state index in [9.17, 15) is 4.79 Å². The van der Waals surface area contributed by atoms with Gasteiger partial charge in [-0.3, -0.25) is 0 Å². The van der Waals surface area contributed by atoms with Crippen LogP contribution in [0, 0.1) is 0 Å². The molecule has 0 aliphatic heterocycles. The van der Waals surface area contributed by atoms with Crippen LogP contribution in [0.4, 0.5) is 0 Å². The van der Waals surface area contributed by atoms with E-state index in [2.05, 4.69) is 9.72 Å². The number of carbonyl (C=O) groups excluding carboxylic acids is 1. The zero-order chi connectivity index (χ0) is 11.6. The standard InChI is InChI=1S/C7H5Cl2NO2/c1-12-7(11)4-3-10-6(9)2-5(4)8/h2-3H,1H3/i1D3. The van der Waals surface area contributed by atoms with Crippen molar-refractivity contribution in [2.24, 2.45) is 0 Å². The number of ether oxygens (including phenoxy) is 1. The highest BCUT2D eigenvalue weighted by Gasteiger charge is 2.10. The van der Waals surface area contributed by atoms with Crippen molar-refractivity contribution in [3.8, 4) is 0 Å². The Morgan fingerprint density at radius 2 is 2.50 bits per heavy atom. The maximum Gasteiger partial charge on any atom is 0.340 e. The summed E-state index contributed by atoms with van der Waals surface area (Å²) in [6, 6.07) is 1.22. The van der Waals surface area contributed by atoms with E-state index in [-0.39, 0.29) is 15.7 Å². The van der Waals surface area contributed by atoms with Crippen LogP contribution < -0.4 is 0 Å². The fourth-order valence-corrected chi connectivity index (χ4v) is 1.06. The first-order chi connectivity index (χ1) is 6.79. The number of rotatable bonds is 1. The van der Waals surface area contributed by atoms with Crippen LogP contribution in [0.2, 0.25) is 10.2 Å². The largest absolute Gasteiger partial charge is 0.465 e. The molecule has 1 rings (SSSR count). The predicted molar refractivity (Wildman–Crippen MR) is 45.6 cm³/mol. The molecule has 0 spiro atoms. The third kappa shape index (κ3) is 1.87. The minimum absolute atomic E-state index is 0.00995. The first-order valence-corrected chi connectivity index (χ1v) is 3.59. The number of hydrogen-bond acceptors (Lipinski definition) is 3. The molecule has 12 heavy (non-hydrogen) atoms. The van der Waals surface area contributed by atoms with Crippen LogP contribution in [-0.4, -0.2) is 18.0 Å². The third-order valence-corrected chi connectivity index (χ3v) is 1.65. The van der Waals surface area contributed by atoms with Crippen LogP contribution in [0.3, 0.4) is 0 Å². The fraction of sp³-hybridized carbons (Fsp3) is 0.143. The van der Waals surface area contributed by atoms with Gasteiger partial charge in [-0.05, 0) is 6.07 Å². The Morgan fingerprint density at radius 1 is 1.75 bits per heavy atom. The molecule has 0 unspecified atom stereocenters. The third-order valence-electron chi connectivity index (χ3n) is 1.13. The first-order valence-electron chi connectivity index (χ1n) is 4.34. The van der Waals surface area contributed by atoms with Crippen molar-refractivity contribution in [3.63, 3.8) is 0 Å². The number of hydrogen-bond donors (Lipinski definition) is 0. The van der Waals surface area contributed by atoms with Crippen LogP contribution in [0.15, 0.2) is 12.3 Å². The van der Waals surface area contributed by atoms with Gasteiger partial charge in [0.2, 0.25) is 0 Å². The molecule has 0 aliphatic carbocycles. The van der Waals surface area contributed by atoms with E-state index in [1.165, 1.54) is 6.07 Å². The lowest BCUT2D eigenvalue weighted by Gasteiger charge is -2.00. The molecule has 0 atom stereocenters. The van der Waals surface area contributed by atoms with E-state index in [4.69, 9.17) is 27.3 Å². The van der Waals surface area contributed by atoms with Gasteiger partial charge in [-0.1, -0.05) is 23.2 Å². The molecule has 0 amide bonds. The second-order valence-corrected chi connectivity index (χ2v) is 2.67. The number of methoxy groups -OCH3 is 1. The van der Waals surface area contributed by atoms with Crippen LogP contribution in [0.25, 0.3) is 0 Å². The minimum atomic E-state index is -2.81. The average molecular weight is 209 g/mol. The Balaban J connectivity index is 2.92. The second kappa shape index (κ2) is 3.74. The molecular weight excluding hydrogens is 201 g/mol. The molecule has 0 saturated heterocycles. The Kier molecular flexibility index (Phi) is 1.80. The molecule has 0 aliphatic rings. The number of carbonyl (C=O) groups is 1. The van der Waals surface area contributed by atoms with Crippen molar-refractivity contribution in [3.05, 3.63) is 28.0 Å². The Labute approximate surface area is 83.5 Å². The van der Waals surface area contributed by atoms with Crippen LogP contribution in [0.5, 0.6) is 0 Å².